The maximum atomic E-state index is 12.8. The molecule has 1 aromatic heterocycles. The van der Waals surface area contributed by atoms with Crippen LogP contribution in [-0.4, -0.2) is 46.4 Å². The Kier molecular flexibility index (Phi) is 4.12. The van der Waals surface area contributed by atoms with Crippen molar-refractivity contribution in [1.29, 1.82) is 0 Å². The predicted molar refractivity (Wildman–Crippen MR) is 94.9 cm³/mol. The van der Waals surface area contributed by atoms with E-state index < -0.39 is 0 Å². The van der Waals surface area contributed by atoms with Crippen molar-refractivity contribution in [3.63, 3.8) is 0 Å². The third-order valence-corrected chi connectivity index (χ3v) is 4.70. The highest BCUT2D eigenvalue weighted by molar-refractivity contribution is 6.31. The van der Waals surface area contributed by atoms with Crippen molar-refractivity contribution >= 4 is 35.1 Å². The Morgan fingerprint density at radius 2 is 2.23 bits per heavy atom. The van der Waals surface area contributed by atoms with Crippen LogP contribution in [0.4, 0.5) is 11.6 Å². The van der Waals surface area contributed by atoms with Gasteiger partial charge >= 0.3 is 0 Å². The van der Waals surface area contributed by atoms with E-state index in [-0.39, 0.29) is 30.9 Å². The maximum Gasteiger partial charge on any atom is 0.265 e. The largest absolute Gasteiger partial charge is 0.482 e. The second kappa shape index (κ2) is 6.45. The molecule has 26 heavy (non-hydrogen) atoms. The molecule has 1 aromatic carbocycles. The highest BCUT2D eigenvalue weighted by atomic mass is 35.5. The van der Waals surface area contributed by atoms with E-state index in [1.807, 2.05) is 0 Å². The van der Waals surface area contributed by atoms with Crippen LogP contribution in [0, 0.1) is 0 Å². The van der Waals surface area contributed by atoms with Gasteiger partial charge < -0.3 is 15.4 Å². The number of hydrogen-bond donors (Lipinski definition) is 1. The smallest absolute Gasteiger partial charge is 0.265 e. The van der Waals surface area contributed by atoms with Gasteiger partial charge in [-0.1, -0.05) is 11.6 Å². The standard InChI is InChI=1S/C17H16ClN5O3/c18-11-1-2-14-13(5-11)23(16(25)9-26-14)8-15(24)22-4-3-12-10(7-22)6-20-17(19)21-12/h1-2,5-6H,3-4,7-9H2,(H2,19,20,21). The van der Waals surface area contributed by atoms with E-state index in [2.05, 4.69) is 9.97 Å². The van der Waals surface area contributed by atoms with Crippen LogP contribution in [0.2, 0.25) is 5.02 Å². The fraction of sp³-hybridized carbons (Fsp3) is 0.294. The first-order valence-corrected chi connectivity index (χ1v) is 8.50. The maximum absolute atomic E-state index is 12.8. The van der Waals surface area contributed by atoms with Gasteiger partial charge in [0.05, 0.1) is 11.4 Å². The van der Waals surface area contributed by atoms with Gasteiger partial charge in [-0.2, -0.15) is 0 Å². The van der Waals surface area contributed by atoms with E-state index >= 15 is 0 Å². The SMILES string of the molecule is Nc1ncc2c(n1)CCN(C(=O)CN1C(=O)COc3ccc(Cl)cc31)C2. The summed E-state index contributed by atoms with van der Waals surface area (Å²) in [6.45, 7) is 0.747. The minimum Gasteiger partial charge on any atom is -0.482 e. The third-order valence-electron chi connectivity index (χ3n) is 4.46. The second-order valence-corrected chi connectivity index (χ2v) is 6.58. The lowest BCUT2D eigenvalue weighted by Gasteiger charge is -2.33. The number of benzene rings is 1. The number of carbonyl (C=O) groups excluding carboxylic acids is 2. The molecule has 2 amide bonds. The van der Waals surface area contributed by atoms with Crippen molar-refractivity contribution in [3.8, 4) is 5.75 Å². The highest BCUT2D eigenvalue weighted by Gasteiger charge is 2.30. The van der Waals surface area contributed by atoms with E-state index in [4.69, 9.17) is 22.1 Å². The van der Waals surface area contributed by atoms with Crippen molar-refractivity contribution in [2.45, 2.75) is 13.0 Å². The number of nitrogen functional groups attached to an aromatic ring is 1. The molecule has 0 bridgehead atoms. The quantitative estimate of drug-likeness (QED) is 0.843. The molecule has 9 heteroatoms. The number of hydrogen-bond acceptors (Lipinski definition) is 6. The van der Waals surface area contributed by atoms with E-state index in [1.54, 1.807) is 29.3 Å². The van der Waals surface area contributed by atoms with Gasteiger partial charge in [0.15, 0.2) is 6.61 Å². The highest BCUT2D eigenvalue weighted by Crippen LogP contribution is 2.34. The minimum atomic E-state index is -0.276. The molecule has 134 valence electrons. The average molecular weight is 374 g/mol. The van der Waals surface area contributed by atoms with Gasteiger partial charge in [0.1, 0.15) is 12.3 Å². The van der Waals surface area contributed by atoms with Crippen LogP contribution >= 0.6 is 11.6 Å². The molecule has 0 unspecified atom stereocenters. The van der Waals surface area contributed by atoms with Crippen molar-refractivity contribution in [3.05, 3.63) is 40.7 Å². The minimum absolute atomic E-state index is 0.0688. The first-order chi connectivity index (χ1) is 12.5. The first kappa shape index (κ1) is 16.6. The van der Waals surface area contributed by atoms with E-state index in [0.29, 0.717) is 36.0 Å². The van der Waals surface area contributed by atoms with E-state index in [9.17, 15) is 9.59 Å². The summed E-state index contributed by atoms with van der Waals surface area (Å²) in [5.41, 5.74) is 7.85. The summed E-state index contributed by atoms with van der Waals surface area (Å²) in [7, 11) is 0. The molecule has 0 spiro atoms. The molecule has 4 rings (SSSR count). The average Bonchev–Trinajstić information content (AvgIpc) is 2.63. The molecule has 0 saturated heterocycles. The van der Waals surface area contributed by atoms with Crippen molar-refractivity contribution in [1.82, 2.24) is 14.9 Å². The van der Waals surface area contributed by atoms with Gasteiger partial charge in [-0.15, -0.1) is 0 Å². The zero-order valence-corrected chi connectivity index (χ0v) is 14.6. The van der Waals surface area contributed by atoms with Crippen LogP contribution in [0.5, 0.6) is 5.75 Å². The van der Waals surface area contributed by atoms with Crippen molar-refractivity contribution < 1.29 is 14.3 Å². The Bertz CT molecular complexity index is 904. The summed E-state index contributed by atoms with van der Waals surface area (Å²) in [4.78, 5) is 36.4. The molecule has 0 saturated carbocycles. The molecule has 8 nitrogen and oxygen atoms in total. The molecular weight excluding hydrogens is 358 g/mol. The number of nitrogens with zero attached hydrogens (tertiary/aromatic N) is 4. The summed E-state index contributed by atoms with van der Waals surface area (Å²) in [5.74, 6) is 0.334. The van der Waals surface area contributed by atoms with Gasteiger partial charge in [-0.3, -0.25) is 14.5 Å². The molecule has 2 aliphatic heterocycles. The molecule has 2 aliphatic rings. The Balaban J connectivity index is 1.53. The Hall–Kier alpha value is -2.87. The number of rotatable bonds is 2. The summed E-state index contributed by atoms with van der Waals surface area (Å²) in [6.07, 6.45) is 2.25. The van der Waals surface area contributed by atoms with Crippen LogP contribution in [0.25, 0.3) is 0 Å². The lowest BCUT2D eigenvalue weighted by Crippen LogP contribution is -2.47. The van der Waals surface area contributed by atoms with E-state index in [1.165, 1.54) is 4.90 Å². The monoisotopic (exact) mass is 373 g/mol. The van der Waals surface area contributed by atoms with Gasteiger partial charge in [-0.05, 0) is 18.2 Å². The van der Waals surface area contributed by atoms with Crippen LogP contribution in [-0.2, 0) is 22.6 Å². The topological polar surface area (TPSA) is 102 Å². The zero-order valence-electron chi connectivity index (χ0n) is 13.8. The number of nitrogens with two attached hydrogens (primary N) is 1. The summed E-state index contributed by atoms with van der Waals surface area (Å²) in [6, 6.07) is 5.01. The van der Waals surface area contributed by atoms with E-state index in [0.717, 1.165) is 11.3 Å². The molecule has 0 aliphatic carbocycles. The Morgan fingerprint density at radius 1 is 1.38 bits per heavy atom. The fourth-order valence-corrected chi connectivity index (χ4v) is 3.29. The fourth-order valence-electron chi connectivity index (χ4n) is 3.13. The molecular formula is C17H16ClN5O3. The Labute approximate surface area is 154 Å². The number of halogens is 1. The molecule has 2 aromatic rings. The number of ether oxygens (including phenoxy) is 1. The number of carbonyl (C=O) groups is 2. The second-order valence-electron chi connectivity index (χ2n) is 6.15. The van der Waals surface area contributed by atoms with Crippen molar-refractivity contribution in [2.75, 3.05) is 30.3 Å². The number of aromatic nitrogens is 2. The lowest BCUT2D eigenvalue weighted by atomic mass is 10.1. The van der Waals surface area contributed by atoms with Crippen LogP contribution < -0.4 is 15.4 Å². The molecule has 0 atom stereocenters. The molecule has 0 fully saturated rings. The van der Waals surface area contributed by atoms with Crippen LogP contribution in [0.1, 0.15) is 11.3 Å². The Morgan fingerprint density at radius 3 is 3.08 bits per heavy atom. The van der Waals surface area contributed by atoms with Crippen LogP contribution in [0.15, 0.2) is 24.4 Å². The van der Waals surface area contributed by atoms with Gasteiger partial charge in [0.25, 0.3) is 5.91 Å². The zero-order chi connectivity index (χ0) is 18.3. The first-order valence-electron chi connectivity index (χ1n) is 8.12. The molecule has 0 radical (unpaired) electrons. The predicted octanol–water partition coefficient (Wildman–Crippen LogP) is 1.02. The lowest BCUT2D eigenvalue weighted by molar-refractivity contribution is -0.132. The summed E-state index contributed by atoms with van der Waals surface area (Å²) >= 11 is 6.03. The number of amides is 2. The third kappa shape index (κ3) is 3.03. The van der Waals surface area contributed by atoms with Gasteiger partial charge in [-0.25, -0.2) is 9.97 Å². The summed E-state index contributed by atoms with van der Waals surface area (Å²) < 4.78 is 5.40. The van der Waals surface area contributed by atoms with Gasteiger partial charge in [0, 0.05) is 36.3 Å². The van der Waals surface area contributed by atoms with Gasteiger partial charge in [0.2, 0.25) is 11.9 Å². The number of anilines is 2. The van der Waals surface area contributed by atoms with Crippen molar-refractivity contribution in [2.24, 2.45) is 0 Å². The normalized spacial score (nSPS) is 16.0. The van der Waals surface area contributed by atoms with Crippen LogP contribution in [0.3, 0.4) is 0 Å². The molecule has 3 heterocycles. The number of fused-ring (bicyclic) bond motifs is 2. The molecule has 2 N–H and O–H groups in total. The summed E-state index contributed by atoms with van der Waals surface area (Å²) in [5, 5.41) is 0.473.